The van der Waals surface area contributed by atoms with Gasteiger partial charge in [0, 0.05) is 18.9 Å². The van der Waals surface area contributed by atoms with Crippen LogP contribution in [0.1, 0.15) is 23.7 Å². The lowest BCUT2D eigenvalue weighted by atomic mass is 10.1. The normalized spacial score (nSPS) is 10.9. The molecule has 1 aromatic heterocycles. The molecule has 0 fully saturated rings. The van der Waals surface area contributed by atoms with E-state index in [0.717, 1.165) is 16.8 Å². The SMILES string of the molecule is CC(=O)Nc1nc(C=Cc2cccc(CCO)c2)cs1. The monoisotopic (exact) mass is 288 g/mol. The predicted molar refractivity (Wildman–Crippen MR) is 82.6 cm³/mol. The van der Waals surface area contributed by atoms with Crippen molar-refractivity contribution in [3.63, 3.8) is 0 Å². The first kappa shape index (κ1) is 14.4. The number of aliphatic hydroxyl groups excluding tert-OH is 1. The molecule has 20 heavy (non-hydrogen) atoms. The standard InChI is InChI=1S/C15H16N2O2S/c1-11(19)16-15-17-14(10-20-15)6-5-12-3-2-4-13(9-12)7-8-18/h2-6,9-10,18H,7-8H2,1H3,(H,16,17,19). The summed E-state index contributed by atoms with van der Waals surface area (Å²) in [5.41, 5.74) is 2.98. The van der Waals surface area contributed by atoms with Crippen molar-refractivity contribution in [2.24, 2.45) is 0 Å². The summed E-state index contributed by atoms with van der Waals surface area (Å²) in [6.45, 7) is 1.61. The lowest BCUT2D eigenvalue weighted by Gasteiger charge is -1.99. The van der Waals surface area contributed by atoms with Gasteiger partial charge in [0.25, 0.3) is 0 Å². The van der Waals surface area contributed by atoms with Crippen molar-refractivity contribution in [1.82, 2.24) is 4.98 Å². The Bertz CT molecular complexity index is 620. The molecule has 2 aromatic rings. The van der Waals surface area contributed by atoms with E-state index < -0.39 is 0 Å². The molecule has 1 aromatic carbocycles. The highest BCUT2D eigenvalue weighted by atomic mass is 32.1. The Labute approximate surface area is 121 Å². The van der Waals surface area contributed by atoms with Crippen LogP contribution in [0.15, 0.2) is 29.6 Å². The molecule has 0 saturated heterocycles. The average Bonchev–Trinajstić information content (AvgIpc) is 2.84. The lowest BCUT2D eigenvalue weighted by Crippen LogP contribution is -2.04. The van der Waals surface area contributed by atoms with Gasteiger partial charge >= 0.3 is 0 Å². The number of amides is 1. The summed E-state index contributed by atoms with van der Waals surface area (Å²) in [5, 5.41) is 14.1. The van der Waals surface area contributed by atoms with Crippen molar-refractivity contribution >= 4 is 34.5 Å². The molecule has 0 saturated carbocycles. The van der Waals surface area contributed by atoms with Crippen LogP contribution in [-0.2, 0) is 11.2 Å². The van der Waals surface area contributed by atoms with Crippen LogP contribution in [0.2, 0.25) is 0 Å². The number of aromatic nitrogens is 1. The number of hydrogen-bond donors (Lipinski definition) is 2. The summed E-state index contributed by atoms with van der Waals surface area (Å²) in [7, 11) is 0. The minimum Gasteiger partial charge on any atom is -0.396 e. The zero-order valence-corrected chi connectivity index (χ0v) is 12.0. The van der Waals surface area contributed by atoms with Crippen molar-refractivity contribution in [1.29, 1.82) is 0 Å². The molecule has 0 radical (unpaired) electrons. The van der Waals surface area contributed by atoms with Gasteiger partial charge in [-0.25, -0.2) is 4.98 Å². The maximum Gasteiger partial charge on any atom is 0.223 e. The fourth-order valence-corrected chi connectivity index (χ4v) is 2.46. The van der Waals surface area contributed by atoms with Crippen molar-refractivity contribution in [2.45, 2.75) is 13.3 Å². The third kappa shape index (κ3) is 4.29. The topological polar surface area (TPSA) is 62.2 Å². The second kappa shape index (κ2) is 6.98. The van der Waals surface area contributed by atoms with Crippen LogP contribution in [0.25, 0.3) is 12.2 Å². The number of aliphatic hydroxyl groups is 1. The summed E-state index contributed by atoms with van der Waals surface area (Å²) >= 11 is 1.40. The Balaban J connectivity index is 2.06. The molecule has 4 nitrogen and oxygen atoms in total. The predicted octanol–water partition coefficient (Wildman–Crippen LogP) is 2.81. The molecule has 0 aliphatic heterocycles. The lowest BCUT2D eigenvalue weighted by molar-refractivity contribution is -0.114. The first-order valence-electron chi connectivity index (χ1n) is 6.28. The number of nitrogens with zero attached hydrogens (tertiary/aromatic N) is 1. The molecule has 104 valence electrons. The van der Waals surface area contributed by atoms with E-state index in [1.54, 1.807) is 0 Å². The second-order valence-corrected chi connectivity index (χ2v) is 5.17. The highest BCUT2D eigenvalue weighted by Crippen LogP contribution is 2.17. The number of thiazole rings is 1. The average molecular weight is 288 g/mol. The van der Waals surface area contributed by atoms with Gasteiger partial charge in [-0.2, -0.15) is 0 Å². The quantitative estimate of drug-likeness (QED) is 0.889. The van der Waals surface area contributed by atoms with Crippen LogP contribution in [0.3, 0.4) is 0 Å². The van der Waals surface area contributed by atoms with Crippen molar-refractivity contribution in [2.75, 3.05) is 11.9 Å². The highest BCUT2D eigenvalue weighted by molar-refractivity contribution is 7.14. The van der Waals surface area contributed by atoms with Crippen molar-refractivity contribution in [3.8, 4) is 0 Å². The summed E-state index contributed by atoms with van der Waals surface area (Å²) in [4.78, 5) is 15.2. The molecule has 1 heterocycles. The van der Waals surface area contributed by atoms with E-state index in [9.17, 15) is 4.79 Å². The first-order chi connectivity index (χ1) is 9.67. The number of carbonyl (C=O) groups is 1. The summed E-state index contributed by atoms with van der Waals surface area (Å²) in [6, 6.07) is 7.99. The van der Waals surface area contributed by atoms with Gasteiger partial charge < -0.3 is 10.4 Å². The molecule has 1 amide bonds. The van der Waals surface area contributed by atoms with Gasteiger partial charge in [-0.15, -0.1) is 11.3 Å². The minimum absolute atomic E-state index is 0.119. The van der Waals surface area contributed by atoms with Crippen LogP contribution in [0.4, 0.5) is 5.13 Å². The molecule has 2 rings (SSSR count). The highest BCUT2D eigenvalue weighted by Gasteiger charge is 2.00. The second-order valence-electron chi connectivity index (χ2n) is 4.31. The Morgan fingerprint density at radius 3 is 3.05 bits per heavy atom. The largest absolute Gasteiger partial charge is 0.396 e. The first-order valence-corrected chi connectivity index (χ1v) is 7.16. The Kier molecular flexibility index (Phi) is 5.03. The van der Waals surface area contributed by atoms with E-state index in [2.05, 4.69) is 10.3 Å². The molecule has 0 spiro atoms. The zero-order chi connectivity index (χ0) is 14.4. The molecular formula is C15H16N2O2S. The molecule has 0 bridgehead atoms. The molecule has 0 aliphatic rings. The Morgan fingerprint density at radius 1 is 1.45 bits per heavy atom. The minimum atomic E-state index is -0.119. The summed E-state index contributed by atoms with van der Waals surface area (Å²) < 4.78 is 0. The van der Waals surface area contributed by atoms with Crippen LogP contribution in [-0.4, -0.2) is 22.6 Å². The third-order valence-corrected chi connectivity index (χ3v) is 3.38. The molecule has 0 atom stereocenters. The van der Waals surface area contributed by atoms with Gasteiger partial charge in [-0.3, -0.25) is 4.79 Å². The van der Waals surface area contributed by atoms with Gasteiger partial charge in [0.05, 0.1) is 5.69 Å². The fourth-order valence-electron chi connectivity index (χ4n) is 1.73. The summed E-state index contributed by atoms with van der Waals surface area (Å²) in [6.07, 6.45) is 4.53. The van der Waals surface area contributed by atoms with E-state index >= 15 is 0 Å². The number of nitrogens with one attached hydrogen (secondary N) is 1. The summed E-state index contributed by atoms with van der Waals surface area (Å²) in [5.74, 6) is -0.119. The van der Waals surface area contributed by atoms with E-state index in [1.807, 2.05) is 41.8 Å². The van der Waals surface area contributed by atoms with Gasteiger partial charge in [0.15, 0.2) is 5.13 Å². The molecule has 2 N–H and O–H groups in total. The molecule has 5 heteroatoms. The number of benzene rings is 1. The Hall–Kier alpha value is -1.98. The van der Waals surface area contributed by atoms with E-state index in [0.29, 0.717) is 11.6 Å². The molecule has 0 aliphatic carbocycles. The van der Waals surface area contributed by atoms with E-state index in [1.165, 1.54) is 18.3 Å². The third-order valence-electron chi connectivity index (χ3n) is 2.60. The molecular weight excluding hydrogens is 272 g/mol. The number of rotatable bonds is 5. The smallest absolute Gasteiger partial charge is 0.223 e. The molecule has 0 unspecified atom stereocenters. The number of hydrogen-bond acceptors (Lipinski definition) is 4. The van der Waals surface area contributed by atoms with Gasteiger partial charge in [-0.05, 0) is 23.6 Å². The zero-order valence-electron chi connectivity index (χ0n) is 11.2. The van der Waals surface area contributed by atoms with Crippen LogP contribution >= 0.6 is 11.3 Å². The van der Waals surface area contributed by atoms with Crippen LogP contribution < -0.4 is 5.32 Å². The van der Waals surface area contributed by atoms with Crippen LogP contribution in [0.5, 0.6) is 0 Å². The maximum atomic E-state index is 10.9. The van der Waals surface area contributed by atoms with Crippen LogP contribution in [0, 0.1) is 0 Å². The van der Waals surface area contributed by atoms with Gasteiger partial charge in [-0.1, -0.05) is 30.3 Å². The van der Waals surface area contributed by atoms with E-state index in [-0.39, 0.29) is 12.5 Å². The maximum absolute atomic E-state index is 10.9. The van der Waals surface area contributed by atoms with Gasteiger partial charge in [0.2, 0.25) is 5.91 Å². The number of carbonyl (C=O) groups excluding carboxylic acids is 1. The number of anilines is 1. The Morgan fingerprint density at radius 2 is 2.30 bits per heavy atom. The van der Waals surface area contributed by atoms with Crippen molar-refractivity contribution in [3.05, 3.63) is 46.5 Å². The van der Waals surface area contributed by atoms with Gasteiger partial charge in [0.1, 0.15) is 0 Å². The fraction of sp³-hybridized carbons (Fsp3) is 0.200. The van der Waals surface area contributed by atoms with E-state index in [4.69, 9.17) is 5.11 Å². The van der Waals surface area contributed by atoms with Crippen molar-refractivity contribution < 1.29 is 9.90 Å².